The van der Waals surface area contributed by atoms with Crippen LogP contribution in [0.2, 0.25) is 0 Å². The van der Waals surface area contributed by atoms with Crippen LogP contribution in [0, 0.1) is 12.3 Å². The second-order valence-corrected chi connectivity index (χ2v) is 6.58. The standard InChI is InChI=1S/C20H22N2O4/c1-14-16(7-8-17(22-14)15-5-3-2-4-6-15)18(23)21-13-20(19(24)25)9-11-26-12-10-20/h2-8H,9-13H2,1H3,(H,21,23)(H,24,25). The number of carbonyl (C=O) groups excluding carboxylic acids is 1. The molecular formula is C20H22N2O4. The van der Waals surface area contributed by atoms with Crippen LogP contribution in [0.3, 0.4) is 0 Å². The Labute approximate surface area is 152 Å². The predicted octanol–water partition coefficient (Wildman–Crippen LogP) is 2.67. The van der Waals surface area contributed by atoms with Crippen LogP contribution in [0.25, 0.3) is 11.3 Å². The third kappa shape index (κ3) is 3.75. The van der Waals surface area contributed by atoms with Crippen LogP contribution >= 0.6 is 0 Å². The Balaban J connectivity index is 1.73. The Morgan fingerprint density at radius 1 is 1.15 bits per heavy atom. The molecule has 0 unspecified atom stereocenters. The number of nitrogens with one attached hydrogen (secondary N) is 1. The van der Waals surface area contributed by atoms with Gasteiger partial charge in [0.1, 0.15) is 0 Å². The minimum atomic E-state index is -0.959. The number of carboxylic acid groups (broad SMARTS) is 1. The number of carbonyl (C=O) groups is 2. The van der Waals surface area contributed by atoms with Gasteiger partial charge in [0.05, 0.1) is 22.4 Å². The van der Waals surface area contributed by atoms with E-state index in [1.54, 1.807) is 19.1 Å². The Bertz CT molecular complexity index is 799. The molecule has 1 aliphatic heterocycles. The average Bonchev–Trinajstić information content (AvgIpc) is 2.67. The van der Waals surface area contributed by atoms with Crippen LogP contribution in [-0.2, 0) is 9.53 Å². The number of pyridine rings is 1. The summed E-state index contributed by atoms with van der Waals surface area (Å²) < 4.78 is 5.25. The van der Waals surface area contributed by atoms with Gasteiger partial charge in [0.2, 0.25) is 0 Å². The van der Waals surface area contributed by atoms with E-state index in [9.17, 15) is 14.7 Å². The molecule has 2 N–H and O–H groups in total. The summed E-state index contributed by atoms with van der Waals surface area (Å²) in [6.07, 6.45) is 0.791. The maximum absolute atomic E-state index is 12.5. The molecule has 2 heterocycles. The van der Waals surface area contributed by atoms with E-state index in [0.29, 0.717) is 37.3 Å². The molecule has 6 nitrogen and oxygen atoms in total. The fourth-order valence-corrected chi connectivity index (χ4v) is 3.14. The summed E-state index contributed by atoms with van der Waals surface area (Å²) >= 11 is 0. The molecule has 6 heteroatoms. The van der Waals surface area contributed by atoms with Crippen molar-refractivity contribution in [1.29, 1.82) is 0 Å². The van der Waals surface area contributed by atoms with E-state index < -0.39 is 11.4 Å². The van der Waals surface area contributed by atoms with Crippen molar-refractivity contribution in [1.82, 2.24) is 10.3 Å². The SMILES string of the molecule is Cc1nc(-c2ccccc2)ccc1C(=O)NCC1(C(=O)O)CCOCC1. The molecule has 1 fully saturated rings. The summed E-state index contributed by atoms with van der Waals surface area (Å²) in [5.41, 5.74) is 1.89. The van der Waals surface area contributed by atoms with Gasteiger partial charge in [-0.15, -0.1) is 0 Å². The molecule has 0 atom stereocenters. The van der Waals surface area contributed by atoms with E-state index in [1.807, 2.05) is 30.3 Å². The van der Waals surface area contributed by atoms with Crippen LogP contribution < -0.4 is 5.32 Å². The normalized spacial score (nSPS) is 16.0. The summed E-state index contributed by atoms with van der Waals surface area (Å²) in [4.78, 5) is 28.7. The minimum absolute atomic E-state index is 0.0877. The summed E-state index contributed by atoms with van der Waals surface area (Å²) in [5, 5.41) is 12.3. The van der Waals surface area contributed by atoms with Gasteiger partial charge < -0.3 is 15.2 Å². The van der Waals surface area contributed by atoms with Crippen molar-refractivity contribution in [3.63, 3.8) is 0 Å². The van der Waals surface area contributed by atoms with Gasteiger partial charge in [0.15, 0.2) is 0 Å². The molecule has 1 aromatic heterocycles. The number of benzene rings is 1. The molecule has 26 heavy (non-hydrogen) atoms. The van der Waals surface area contributed by atoms with Crippen molar-refractivity contribution in [2.75, 3.05) is 19.8 Å². The number of nitrogens with zero attached hydrogens (tertiary/aromatic N) is 1. The van der Waals surface area contributed by atoms with Crippen LogP contribution in [0.4, 0.5) is 0 Å². The zero-order valence-electron chi connectivity index (χ0n) is 14.7. The highest BCUT2D eigenvalue weighted by Gasteiger charge is 2.40. The minimum Gasteiger partial charge on any atom is -0.481 e. The highest BCUT2D eigenvalue weighted by Crippen LogP contribution is 2.30. The first-order valence-electron chi connectivity index (χ1n) is 8.64. The topological polar surface area (TPSA) is 88.5 Å². The number of hydrogen-bond acceptors (Lipinski definition) is 4. The fraction of sp³-hybridized carbons (Fsp3) is 0.350. The van der Waals surface area contributed by atoms with Gasteiger partial charge >= 0.3 is 5.97 Å². The Morgan fingerprint density at radius 3 is 2.46 bits per heavy atom. The van der Waals surface area contributed by atoms with Crippen LogP contribution in [-0.4, -0.2) is 41.7 Å². The lowest BCUT2D eigenvalue weighted by molar-refractivity contribution is -0.154. The Kier molecular flexibility index (Phi) is 5.32. The largest absolute Gasteiger partial charge is 0.481 e. The number of ether oxygens (including phenoxy) is 1. The average molecular weight is 354 g/mol. The number of hydrogen-bond donors (Lipinski definition) is 2. The summed E-state index contributed by atoms with van der Waals surface area (Å²) in [5.74, 6) is -1.20. The molecule has 0 aliphatic carbocycles. The smallest absolute Gasteiger partial charge is 0.311 e. The van der Waals surface area contributed by atoms with Crippen molar-refractivity contribution >= 4 is 11.9 Å². The molecule has 2 aromatic rings. The molecule has 1 aromatic carbocycles. The van der Waals surface area contributed by atoms with Gasteiger partial charge in [0, 0.05) is 25.3 Å². The van der Waals surface area contributed by atoms with Crippen molar-refractivity contribution in [2.24, 2.45) is 5.41 Å². The van der Waals surface area contributed by atoms with Gasteiger partial charge in [-0.05, 0) is 31.9 Å². The first-order chi connectivity index (χ1) is 12.5. The van der Waals surface area contributed by atoms with Crippen LogP contribution in [0.1, 0.15) is 28.9 Å². The highest BCUT2D eigenvalue weighted by atomic mass is 16.5. The molecule has 1 amide bonds. The van der Waals surface area contributed by atoms with Crippen molar-refractivity contribution < 1.29 is 19.4 Å². The van der Waals surface area contributed by atoms with E-state index in [-0.39, 0.29) is 12.5 Å². The predicted molar refractivity (Wildman–Crippen MR) is 96.9 cm³/mol. The molecule has 1 aliphatic rings. The number of aryl methyl sites for hydroxylation is 1. The van der Waals surface area contributed by atoms with E-state index in [4.69, 9.17) is 4.74 Å². The second-order valence-electron chi connectivity index (χ2n) is 6.58. The van der Waals surface area contributed by atoms with Crippen molar-refractivity contribution in [2.45, 2.75) is 19.8 Å². The number of rotatable bonds is 5. The van der Waals surface area contributed by atoms with E-state index in [1.165, 1.54) is 0 Å². The third-order valence-corrected chi connectivity index (χ3v) is 4.89. The van der Waals surface area contributed by atoms with Gasteiger partial charge in [-0.2, -0.15) is 0 Å². The fourth-order valence-electron chi connectivity index (χ4n) is 3.14. The summed E-state index contributed by atoms with van der Waals surface area (Å²) in [6, 6.07) is 13.3. The maximum Gasteiger partial charge on any atom is 0.311 e. The first kappa shape index (κ1) is 18.1. The number of aliphatic carboxylic acids is 1. The van der Waals surface area contributed by atoms with Gasteiger partial charge in [-0.3, -0.25) is 14.6 Å². The molecule has 0 saturated carbocycles. The lowest BCUT2D eigenvalue weighted by atomic mass is 9.80. The first-order valence-corrected chi connectivity index (χ1v) is 8.64. The van der Waals surface area contributed by atoms with Gasteiger partial charge in [-0.25, -0.2) is 0 Å². The molecule has 0 bridgehead atoms. The van der Waals surface area contributed by atoms with Gasteiger partial charge in [0.25, 0.3) is 5.91 Å². The number of aromatic nitrogens is 1. The molecule has 0 radical (unpaired) electrons. The third-order valence-electron chi connectivity index (χ3n) is 4.89. The number of amides is 1. The molecule has 1 saturated heterocycles. The second kappa shape index (κ2) is 7.66. The Morgan fingerprint density at radius 2 is 1.85 bits per heavy atom. The zero-order valence-corrected chi connectivity index (χ0v) is 14.7. The quantitative estimate of drug-likeness (QED) is 0.862. The maximum atomic E-state index is 12.5. The van der Waals surface area contributed by atoms with E-state index in [2.05, 4.69) is 10.3 Å². The molecule has 136 valence electrons. The number of carboxylic acids is 1. The van der Waals surface area contributed by atoms with Crippen LogP contribution in [0.5, 0.6) is 0 Å². The van der Waals surface area contributed by atoms with Crippen LogP contribution in [0.15, 0.2) is 42.5 Å². The molecular weight excluding hydrogens is 332 g/mol. The molecule has 0 spiro atoms. The monoisotopic (exact) mass is 354 g/mol. The van der Waals surface area contributed by atoms with Gasteiger partial charge in [-0.1, -0.05) is 30.3 Å². The van der Waals surface area contributed by atoms with E-state index in [0.717, 1.165) is 11.3 Å². The Hall–Kier alpha value is -2.73. The lowest BCUT2D eigenvalue weighted by Crippen LogP contribution is -2.46. The zero-order chi connectivity index (χ0) is 18.6. The summed E-state index contributed by atoms with van der Waals surface area (Å²) in [6.45, 7) is 2.66. The summed E-state index contributed by atoms with van der Waals surface area (Å²) in [7, 11) is 0. The van der Waals surface area contributed by atoms with Crippen molar-refractivity contribution in [3.05, 3.63) is 53.7 Å². The van der Waals surface area contributed by atoms with E-state index >= 15 is 0 Å². The molecule has 3 rings (SSSR count). The van der Waals surface area contributed by atoms with Crippen molar-refractivity contribution in [3.8, 4) is 11.3 Å². The highest BCUT2D eigenvalue weighted by molar-refractivity contribution is 5.95. The lowest BCUT2D eigenvalue weighted by Gasteiger charge is -2.33.